The smallest absolute Gasteiger partial charge is 0.294 e. The highest BCUT2D eigenvalue weighted by Gasteiger charge is 2.27. The van der Waals surface area contributed by atoms with E-state index in [2.05, 4.69) is 29.1 Å². The van der Waals surface area contributed by atoms with Crippen LogP contribution in [0.2, 0.25) is 0 Å². The van der Waals surface area contributed by atoms with E-state index >= 15 is 0 Å². The van der Waals surface area contributed by atoms with E-state index in [0.29, 0.717) is 31.9 Å². The van der Waals surface area contributed by atoms with Gasteiger partial charge in [-0.1, -0.05) is 36.4 Å². The molecule has 1 saturated heterocycles. The van der Waals surface area contributed by atoms with Gasteiger partial charge in [-0.15, -0.1) is 0 Å². The highest BCUT2D eigenvalue weighted by atomic mass is 16.6. The number of piperazine rings is 1. The van der Waals surface area contributed by atoms with Crippen LogP contribution in [0.4, 0.5) is 5.69 Å². The number of carbonyl (C=O) groups is 1. The van der Waals surface area contributed by atoms with Crippen LogP contribution in [0.15, 0.2) is 59.4 Å². The second kappa shape index (κ2) is 9.33. The summed E-state index contributed by atoms with van der Waals surface area (Å²) >= 11 is 0. The van der Waals surface area contributed by atoms with Gasteiger partial charge in [0.25, 0.3) is 11.6 Å². The lowest BCUT2D eigenvalue weighted by molar-refractivity contribution is -0.384. The summed E-state index contributed by atoms with van der Waals surface area (Å²) in [6, 6.07) is 15.6. The Kier molecular flexibility index (Phi) is 6.32. The van der Waals surface area contributed by atoms with E-state index in [4.69, 9.17) is 0 Å². The molecular weight excluding hydrogens is 422 g/mol. The number of aryl methyl sites for hydroxylation is 2. The Morgan fingerprint density at radius 1 is 1.03 bits per heavy atom. The number of benzene rings is 2. The first-order valence-electron chi connectivity index (χ1n) is 10.8. The van der Waals surface area contributed by atoms with Crippen molar-refractivity contribution < 1.29 is 9.72 Å². The minimum Gasteiger partial charge on any atom is -0.335 e. The minimum absolute atomic E-state index is 0.153. The zero-order chi connectivity index (χ0) is 23.5. The van der Waals surface area contributed by atoms with E-state index < -0.39 is 16.3 Å². The fourth-order valence-corrected chi connectivity index (χ4v) is 4.02. The summed E-state index contributed by atoms with van der Waals surface area (Å²) in [5.74, 6) is -0.456. The van der Waals surface area contributed by atoms with Gasteiger partial charge in [-0.2, -0.15) is 5.10 Å². The molecule has 0 atom stereocenters. The first-order chi connectivity index (χ1) is 15.8. The van der Waals surface area contributed by atoms with Crippen LogP contribution >= 0.6 is 0 Å². The molecule has 1 fully saturated rings. The largest absolute Gasteiger partial charge is 0.335 e. The molecule has 2 heterocycles. The second-order valence-corrected chi connectivity index (χ2v) is 8.15. The molecule has 1 aliphatic heterocycles. The number of aromatic nitrogens is 2. The number of nitro benzene ring substituents is 1. The topological polar surface area (TPSA) is 102 Å². The van der Waals surface area contributed by atoms with E-state index in [1.54, 1.807) is 30.0 Å². The van der Waals surface area contributed by atoms with E-state index in [1.807, 2.05) is 12.1 Å². The summed E-state index contributed by atoms with van der Waals surface area (Å²) in [5, 5.41) is 15.7. The molecule has 2 aromatic carbocycles. The third-order valence-corrected chi connectivity index (χ3v) is 5.93. The predicted octanol–water partition coefficient (Wildman–Crippen LogP) is 2.72. The van der Waals surface area contributed by atoms with Crippen LogP contribution in [0.1, 0.15) is 27.3 Å². The number of rotatable bonds is 5. The molecule has 33 heavy (non-hydrogen) atoms. The summed E-state index contributed by atoms with van der Waals surface area (Å²) < 4.78 is 1.29. The van der Waals surface area contributed by atoms with Crippen molar-refractivity contribution in [3.63, 3.8) is 0 Å². The molecule has 1 aromatic heterocycles. The SMILES string of the molecule is Cc1ccccc1CN1CCN(C(=O)c2nn(-c3ccccc3[N+](=O)[O-])c(C)cc2=O)CC1. The molecule has 0 saturated carbocycles. The third-order valence-electron chi connectivity index (χ3n) is 5.93. The monoisotopic (exact) mass is 447 g/mol. The van der Waals surface area contributed by atoms with Crippen LogP contribution in [-0.2, 0) is 6.54 Å². The van der Waals surface area contributed by atoms with Crippen molar-refractivity contribution >= 4 is 11.6 Å². The molecule has 170 valence electrons. The van der Waals surface area contributed by atoms with Crippen LogP contribution in [0, 0.1) is 24.0 Å². The van der Waals surface area contributed by atoms with Crippen molar-refractivity contribution in [2.45, 2.75) is 20.4 Å². The molecule has 0 N–H and O–H groups in total. The van der Waals surface area contributed by atoms with Crippen molar-refractivity contribution in [3.05, 3.63) is 97.4 Å². The zero-order valence-electron chi connectivity index (χ0n) is 18.6. The van der Waals surface area contributed by atoms with E-state index in [0.717, 1.165) is 6.54 Å². The van der Waals surface area contributed by atoms with Crippen molar-refractivity contribution in [1.82, 2.24) is 19.6 Å². The first kappa shape index (κ1) is 22.3. The van der Waals surface area contributed by atoms with Gasteiger partial charge < -0.3 is 4.90 Å². The number of hydrogen-bond acceptors (Lipinski definition) is 6. The maximum atomic E-state index is 13.2. The number of carbonyl (C=O) groups excluding carboxylic acids is 1. The van der Waals surface area contributed by atoms with Crippen LogP contribution in [0.25, 0.3) is 5.69 Å². The zero-order valence-corrected chi connectivity index (χ0v) is 18.6. The summed E-state index contributed by atoms with van der Waals surface area (Å²) in [5.41, 5.74) is 2.23. The van der Waals surface area contributed by atoms with Gasteiger partial charge in [0.2, 0.25) is 5.43 Å². The minimum atomic E-state index is -0.510. The number of para-hydroxylation sites is 2. The highest BCUT2D eigenvalue weighted by molar-refractivity contribution is 5.92. The quantitative estimate of drug-likeness (QED) is 0.440. The standard InChI is InChI=1S/C24H25N5O4/c1-17-7-3-4-8-19(17)16-26-11-13-27(14-12-26)24(31)23-22(30)15-18(2)28(25-23)20-9-5-6-10-21(20)29(32)33/h3-10,15H,11-14,16H2,1-2H3. The molecule has 1 amide bonds. The summed E-state index contributed by atoms with van der Waals surface area (Å²) in [6.07, 6.45) is 0. The molecule has 4 rings (SSSR count). The summed E-state index contributed by atoms with van der Waals surface area (Å²) in [4.78, 5) is 40.6. The number of hydrogen-bond donors (Lipinski definition) is 0. The number of nitro groups is 1. The van der Waals surface area contributed by atoms with Gasteiger partial charge in [0.15, 0.2) is 5.69 Å². The van der Waals surface area contributed by atoms with Gasteiger partial charge in [0, 0.05) is 50.6 Å². The lowest BCUT2D eigenvalue weighted by atomic mass is 10.1. The fraction of sp³-hybridized carbons (Fsp3) is 0.292. The molecule has 0 radical (unpaired) electrons. The predicted molar refractivity (Wildman–Crippen MR) is 124 cm³/mol. The van der Waals surface area contributed by atoms with Crippen LogP contribution in [0.5, 0.6) is 0 Å². The Morgan fingerprint density at radius 2 is 1.70 bits per heavy atom. The molecule has 0 bridgehead atoms. The molecule has 1 aliphatic rings. The molecule has 0 spiro atoms. The summed E-state index contributed by atoms with van der Waals surface area (Å²) in [6.45, 7) is 6.84. The fourth-order valence-electron chi connectivity index (χ4n) is 4.02. The van der Waals surface area contributed by atoms with Crippen LogP contribution < -0.4 is 5.43 Å². The second-order valence-electron chi connectivity index (χ2n) is 8.15. The average Bonchev–Trinajstić information content (AvgIpc) is 2.81. The Morgan fingerprint density at radius 3 is 2.39 bits per heavy atom. The van der Waals surface area contributed by atoms with Gasteiger partial charge in [0.05, 0.1) is 4.92 Å². The Hall–Kier alpha value is -3.85. The molecule has 9 heteroatoms. The summed E-state index contributed by atoms with van der Waals surface area (Å²) in [7, 11) is 0. The van der Waals surface area contributed by atoms with Gasteiger partial charge in [-0.25, -0.2) is 4.68 Å². The van der Waals surface area contributed by atoms with Crippen LogP contribution in [0.3, 0.4) is 0 Å². The lowest BCUT2D eigenvalue weighted by Crippen LogP contribution is -2.49. The normalized spacial score (nSPS) is 14.3. The highest BCUT2D eigenvalue weighted by Crippen LogP contribution is 2.22. The van der Waals surface area contributed by atoms with Gasteiger partial charge in [0.1, 0.15) is 5.69 Å². The first-order valence-corrected chi connectivity index (χ1v) is 10.8. The lowest BCUT2D eigenvalue weighted by Gasteiger charge is -2.34. The van der Waals surface area contributed by atoms with Gasteiger partial charge >= 0.3 is 0 Å². The number of nitrogens with zero attached hydrogens (tertiary/aromatic N) is 5. The van der Waals surface area contributed by atoms with E-state index in [1.165, 1.54) is 27.9 Å². The average molecular weight is 447 g/mol. The Bertz CT molecular complexity index is 1260. The Labute approximate surface area is 191 Å². The molecule has 0 unspecified atom stereocenters. The number of amides is 1. The maximum absolute atomic E-state index is 13.2. The van der Waals surface area contributed by atoms with Gasteiger partial charge in [-0.3, -0.25) is 24.6 Å². The Balaban J connectivity index is 1.54. The molecule has 0 aliphatic carbocycles. The van der Waals surface area contributed by atoms with Crippen molar-refractivity contribution in [3.8, 4) is 5.69 Å². The van der Waals surface area contributed by atoms with Gasteiger partial charge in [-0.05, 0) is 31.0 Å². The molecule has 3 aromatic rings. The van der Waals surface area contributed by atoms with Crippen molar-refractivity contribution in [2.24, 2.45) is 0 Å². The third kappa shape index (κ3) is 4.68. The van der Waals surface area contributed by atoms with Crippen molar-refractivity contribution in [1.29, 1.82) is 0 Å². The molecule has 9 nitrogen and oxygen atoms in total. The maximum Gasteiger partial charge on any atom is 0.294 e. The molecular formula is C24H25N5O4. The van der Waals surface area contributed by atoms with E-state index in [9.17, 15) is 19.7 Å². The van der Waals surface area contributed by atoms with Crippen LogP contribution in [-0.4, -0.2) is 56.6 Å². The van der Waals surface area contributed by atoms with Crippen molar-refractivity contribution in [2.75, 3.05) is 26.2 Å². The van der Waals surface area contributed by atoms with E-state index in [-0.39, 0.29) is 17.1 Å².